The molecule has 0 aliphatic rings. The van der Waals surface area contributed by atoms with Crippen LogP contribution in [0, 0.1) is 5.92 Å². The summed E-state index contributed by atoms with van der Waals surface area (Å²) in [6.07, 6.45) is 5.09. The molecule has 0 rings (SSSR count). The molecule has 1 unspecified atom stereocenters. The first-order valence-electron chi connectivity index (χ1n) is 7.80. The molecule has 1 atom stereocenters. The quantitative estimate of drug-likeness (QED) is 0.427. The molecular weight excluding hydrogens is 256 g/mol. The smallest absolute Gasteiger partial charge is 0.306 e. The van der Waals surface area contributed by atoms with E-state index in [-0.39, 0.29) is 30.9 Å². The summed E-state index contributed by atoms with van der Waals surface area (Å²) in [7, 11) is 0. The van der Waals surface area contributed by atoms with Gasteiger partial charge in [-0.05, 0) is 32.1 Å². The Bertz CT molecular complexity index is 274. The van der Waals surface area contributed by atoms with Gasteiger partial charge in [0.05, 0.1) is 25.6 Å². The average molecular weight is 286 g/mol. The normalized spacial score (nSPS) is 12.2. The molecule has 0 saturated carbocycles. The fourth-order valence-corrected chi connectivity index (χ4v) is 1.79. The summed E-state index contributed by atoms with van der Waals surface area (Å²) >= 11 is 0. The molecule has 20 heavy (non-hydrogen) atoms. The van der Waals surface area contributed by atoms with Gasteiger partial charge >= 0.3 is 11.9 Å². The second kappa shape index (κ2) is 11.7. The van der Waals surface area contributed by atoms with Crippen molar-refractivity contribution >= 4 is 11.9 Å². The van der Waals surface area contributed by atoms with Crippen LogP contribution in [0.2, 0.25) is 0 Å². The van der Waals surface area contributed by atoms with E-state index in [2.05, 4.69) is 20.8 Å². The van der Waals surface area contributed by atoms with E-state index in [0.29, 0.717) is 12.5 Å². The maximum absolute atomic E-state index is 11.5. The van der Waals surface area contributed by atoms with Gasteiger partial charge in [-0.1, -0.05) is 33.6 Å². The third-order valence-corrected chi connectivity index (χ3v) is 3.02. The van der Waals surface area contributed by atoms with Gasteiger partial charge in [0.25, 0.3) is 0 Å². The first-order valence-corrected chi connectivity index (χ1v) is 7.80. The first kappa shape index (κ1) is 18.9. The maximum atomic E-state index is 11.5. The van der Waals surface area contributed by atoms with Crippen LogP contribution in [-0.2, 0) is 19.1 Å². The SMILES string of the molecule is CCCCC(C)OC(=O)CCC(=O)OCCCC(C)C. The van der Waals surface area contributed by atoms with Crippen LogP contribution in [0.5, 0.6) is 0 Å². The highest BCUT2D eigenvalue weighted by atomic mass is 16.5. The van der Waals surface area contributed by atoms with E-state index in [4.69, 9.17) is 9.47 Å². The molecule has 0 bridgehead atoms. The molecular formula is C16H30O4. The Balaban J connectivity index is 3.60. The number of rotatable bonds is 11. The number of ether oxygens (including phenoxy) is 2. The lowest BCUT2D eigenvalue weighted by Crippen LogP contribution is -2.16. The molecule has 0 spiro atoms. The van der Waals surface area contributed by atoms with Crippen LogP contribution in [-0.4, -0.2) is 24.6 Å². The van der Waals surface area contributed by atoms with Gasteiger partial charge in [-0.2, -0.15) is 0 Å². The Labute approximate surface area is 123 Å². The van der Waals surface area contributed by atoms with E-state index in [1.165, 1.54) is 0 Å². The van der Waals surface area contributed by atoms with Gasteiger partial charge in [0.2, 0.25) is 0 Å². The molecule has 0 heterocycles. The van der Waals surface area contributed by atoms with Crippen molar-refractivity contribution in [1.29, 1.82) is 0 Å². The monoisotopic (exact) mass is 286 g/mol. The molecule has 0 aliphatic heterocycles. The number of carbonyl (C=O) groups excluding carboxylic acids is 2. The van der Waals surface area contributed by atoms with Crippen molar-refractivity contribution in [3.8, 4) is 0 Å². The lowest BCUT2D eigenvalue weighted by Gasteiger charge is -2.12. The number of hydrogen-bond acceptors (Lipinski definition) is 4. The van der Waals surface area contributed by atoms with Crippen molar-refractivity contribution in [2.24, 2.45) is 5.92 Å². The maximum Gasteiger partial charge on any atom is 0.306 e. The molecule has 0 aromatic heterocycles. The Morgan fingerprint density at radius 1 is 0.950 bits per heavy atom. The summed E-state index contributed by atoms with van der Waals surface area (Å²) in [4.78, 5) is 22.9. The Morgan fingerprint density at radius 3 is 2.20 bits per heavy atom. The molecule has 4 heteroatoms. The zero-order chi connectivity index (χ0) is 15.4. The fourth-order valence-electron chi connectivity index (χ4n) is 1.79. The van der Waals surface area contributed by atoms with Crippen molar-refractivity contribution in [3.05, 3.63) is 0 Å². The highest BCUT2D eigenvalue weighted by molar-refractivity contribution is 5.77. The second-order valence-corrected chi connectivity index (χ2v) is 5.70. The van der Waals surface area contributed by atoms with E-state index in [9.17, 15) is 9.59 Å². The van der Waals surface area contributed by atoms with Crippen LogP contribution in [0.3, 0.4) is 0 Å². The zero-order valence-electron chi connectivity index (χ0n) is 13.4. The number of hydrogen-bond donors (Lipinski definition) is 0. The molecule has 4 nitrogen and oxygen atoms in total. The van der Waals surface area contributed by atoms with Gasteiger partial charge in [-0.3, -0.25) is 9.59 Å². The summed E-state index contributed by atoms with van der Waals surface area (Å²) in [6, 6.07) is 0. The fraction of sp³-hybridized carbons (Fsp3) is 0.875. The summed E-state index contributed by atoms with van der Waals surface area (Å²) in [6.45, 7) is 8.70. The molecule has 0 aliphatic carbocycles. The second-order valence-electron chi connectivity index (χ2n) is 5.70. The van der Waals surface area contributed by atoms with E-state index < -0.39 is 0 Å². The minimum Gasteiger partial charge on any atom is -0.466 e. The van der Waals surface area contributed by atoms with E-state index in [0.717, 1.165) is 32.1 Å². The molecule has 0 aromatic rings. The topological polar surface area (TPSA) is 52.6 Å². The van der Waals surface area contributed by atoms with Crippen LogP contribution in [0.25, 0.3) is 0 Å². The minimum absolute atomic E-state index is 0.0653. The van der Waals surface area contributed by atoms with Crippen molar-refractivity contribution < 1.29 is 19.1 Å². The van der Waals surface area contributed by atoms with Crippen LogP contribution in [0.1, 0.15) is 72.6 Å². The van der Waals surface area contributed by atoms with Crippen LogP contribution in [0.15, 0.2) is 0 Å². The molecule has 0 saturated heterocycles. The van der Waals surface area contributed by atoms with E-state index in [1.54, 1.807) is 0 Å². The predicted molar refractivity (Wildman–Crippen MR) is 79.3 cm³/mol. The predicted octanol–water partition coefficient (Wildman–Crippen LogP) is 3.87. The molecule has 0 radical (unpaired) electrons. The zero-order valence-corrected chi connectivity index (χ0v) is 13.4. The first-order chi connectivity index (χ1) is 9.45. The van der Waals surface area contributed by atoms with E-state index >= 15 is 0 Å². The van der Waals surface area contributed by atoms with Crippen molar-refractivity contribution in [3.63, 3.8) is 0 Å². The largest absolute Gasteiger partial charge is 0.466 e. The lowest BCUT2D eigenvalue weighted by atomic mass is 10.1. The summed E-state index contributed by atoms with van der Waals surface area (Å²) in [5.41, 5.74) is 0. The third-order valence-electron chi connectivity index (χ3n) is 3.02. The molecule has 0 N–H and O–H groups in total. The van der Waals surface area contributed by atoms with Crippen LogP contribution < -0.4 is 0 Å². The average Bonchev–Trinajstić information content (AvgIpc) is 2.38. The minimum atomic E-state index is -0.313. The Kier molecular flexibility index (Phi) is 11.1. The van der Waals surface area contributed by atoms with Gasteiger partial charge in [0.1, 0.15) is 0 Å². The summed E-state index contributed by atoms with van der Waals surface area (Å²) < 4.78 is 10.3. The Hall–Kier alpha value is -1.06. The van der Waals surface area contributed by atoms with Gasteiger partial charge in [0.15, 0.2) is 0 Å². The molecule has 0 amide bonds. The molecule has 0 aromatic carbocycles. The van der Waals surface area contributed by atoms with Crippen molar-refractivity contribution in [1.82, 2.24) is 0 Å². The number of esters is 2. The third kappa shape index (κ3) is 12.0. The van der Waals surface area contributed by atoms with Crippen LogP contribution in [0.4, 0.5) is 0 Å². The van der Waals surface area contributed by atoms with Gasteiger partial charge < -0.3 is 9.47 Å². The molecule has 118 valence electrons. The van der Waals surface area contributed by atoms with Crippen molar-refractivity contribution in [2.45, 2.75) is 78.7 Å². The number of carbonyl (C=O) groups is 2. The lowest BCUT2D eigenvalue weighted by molar-refractivity contribution is -0.153. The Morgan fingerprint density at radius 2 is 1.60 bits per heavy atom. The van der Waals surface area contributed by atoms with Crippen LogP contribution >= 0.6 is 0 Å². The highest BCUT2D eigenvalue weighted by Crippen LogP contribution is 2.07. The van der Waals surface area contributed by atoms with Crippen molar-refractivity contribution in [2.75, 3.05) is 6.61 Å². The van der Waals surface area contributed by atoms with Gasteiger partial charge in [-0.25, -0.2) is 0 Å². The highest BCUT2D eigenvalue weighted by Gasteiger charge is 2.12. The van der Waals surface area contributed by atoms with Gasteiger partial charge in [0, 0.05) is 0 Å². The number of unbranched alkanes of at least 4 members (excludes halogenated alkanes) is 1. The standard InChI is InChI=1S/C16H30O4/c1-5-6-9-14(4)20-16(18)11-10-15(17)19-12-7-8-13(2)3/h13-14H,5-12H2,1-4H3. The van der Waals surface area contributed by atoms with Gasteiger partial charge in [-0.15, -0.1) is 0 Å². The summed E-state index contributed by atoms with van der Waals surface area (Å²) in [5, 5.41) is 0. The van der Waals surface area contributed by atoms with E-state index in [1.807, 2.05) is 6.92 Å². The molecule has 0 fully saturated rings. The summed E-state index contributed by atoms with van der Waals surface area (Å²) in [5.74, 6) is -0.00654.